The highest BCUT2D eigenvalue weighted by molar-refractivity contribution is 8.01. The molecule has 0 radical (unpaired) electrons. The van der Waals surface area contributed by atoms with Gasteiger partial charge in [-0.1, -0.05) is 18.2 Å². The van der Waals surface area contributed by atoms with Crippen LogP contribution in [0.25, 0.3) is 0 Å². The molecule has 0 fully saturated rings. The van der Waals surface area contributed by atoms with Crippen LogP contribution in [0.4, 0.5) is 0 Å². The van der Waals surface area contributed by atoms with Crippen LogP contribution in [0.1, 0.15) is 17.3 Å². The van der Waals surface area contributed by atoms with E-state index < -0.39 is 0 Å². The normalized spacial score (nSPS) is 10.3. The zero-order valence-corrected chi connectivity index (χ0v) is 11.7. The van der Waals surface area contributed by atoms with Gasteiger partial charge in [-0.05, 0) is 30.5 Å². The average molecular weight is 278 g/mol. The van der Waals surface area contributed by atoms with Gasteiger partial charge in [0.15, 0.2) is 5.78 Å². The molecule has 0 aliphatic rings. The summed E-state index contributed by atoms with van der Waals surface area (Å²) < 4.78 is 6.63. The summed E-state index contributed by atoms with van der Waals surface area (Å²) in [6, 6.07) is 11.4. The molecule has 94 valence electrons. The van der Waals surface area contributed by atoms with Crippen LogP contribution in [0.15, 0.2) is 46.0 Å². The Bertz CT molecular complexity index is 506. The Morgan fingerprint density at radius 2 is 2.11 bits per heavy atom. The zero-order valence-electron chi connectivity index (χ0n) is 10.1. The van der Waals surface area contributed by atoms with Crippen LogP contribution < -0.4 is 4.74 Å². The lowest BCUT2D eigenvalue weighted by Gasteiger charge is -2.08. The third kappa shape index (κ3) is 3.37. The summed E-state index contributed by atoms with van der Waals surface area (Å²) in [5.41, 5.74) is 0.670. The van der Waals surface area contributed by atoms with Crippen LogP contribution in [0, 0.1) is 0 Å². The van der Waals surface area contributed by atoms with Crippen molar-refractivity contribution in [3.05, 3.63) is 47.3 Å². The number of carbonyl (C=O) groups is 1. The smallest absolute Gasteiger partial charge is 0.176 e. The number of ether oxygens (including phenoxy) is 1. The van der Waals surface area contributed by atoms with E-state index in [1.807, 2.05) is 48.7 Å². The first-order valence-corrected chi connectivity index (χ1v) is 7.59. The molecule has 0 bridgehead atoms. The van der Waals surface area contributed by atoms with Crippen molar-refractivity contribution in [1.82, 2.24) is 0 Å². The summed E-state index contributed by atoms with van der Waals surface area (Å²) in [4.78, 5) is 12.1. The van der Waals surface area contributed by atoms with Crippen LogP contribution in [-0.2, 0) is 0 Å². The Kier molecular flexibility index (Phi) is 4.84. The molecule has 0 saturated heterocycles. The van der Waals surface area contributed by atoms with Crippen LogP contribution in [0.2, 0.25) is 0 Å². The second kappa shape index (κ2) is 6.61. The Morgan fingerprint density at radius 1 is 1.28 bits per heavy atom. The summed E-state index contributed by atoms with van der Waals surface area (Å²) in [5.74, 6) is 1.24. The van der Waals surface area contributed by atoms with Crippen molar-refractivity contribution in [2.24, 2.45) is 0 Å². The topological polar surface area (TPSA) is 26.3 Å². The van der Waals surface area contributed by atoms with Gasteiger partial charge in [-0.15, -0.1) is 23.1 Å². The molecule has 1 aromatic carbocycles. The fraction of sp³-hybridized carbons (Fsp3) is 0.214. The van der Waals surface area contributed by atoms with Gasteiger partial charge in [0, 0.05) is 0 Å². The number of Topliss-reactive ketones (excluding diaryl/α,β-unsaturated/α-hetero) is 1. The van der Waals surface area contributed by atoms with Crippen LogP contribution in [-0.4, -0.2) is 18.1 Å². The second-order valence-corrected chi connectivity index (χ2v) is 5.80. The van der Waals surface area contributed by atoms with Crippen LogP contribution in [0.3, 0.4) is 0 Å². The summed E-state index contributed by atoms with van der Waals surface area (Å²) in [6.07, 6.45) is 0. The number of thiophene rings is 1. The molecular weight excluding hydrogens is 264 g/mol. The van der Waals surface area contributed by atoms with Gasteiger partial charge >= 0.3 is 0 Å². The Labute approximate surface area is 115 Å². The highest BCUT2D eigenvalue weighted by Gasteiger charge is 2.12. The predicted octanol–water partition coefficient (Wildman–Crippen LogP) is 4.12. The number of thioether (sulfide) groups is 1. The van der Waals surface area contributed by atoms with E-state index in [0.29, 0.717) is 23.7 Å². The molecule has 0 atom stereocenters. The molecule has 2 rings (SSSR count). The summed E-state index contributed by atoms with van der Waals surface area (Å²) in [5, 5.41) is 2.01. The predicted molar refractivity (Wildman–Crippen MR) is 77.0 cm³/mol. The van der Waals surface area contributed by atoms with Gasteiger partial charge in [0.2, 0.25) is 0 Å². The highest BCUT2D eigenvalue weighted by Crippen LogP contribution is 2.26. The van der Waals surface area contributed by atoms with Crippen LogP contribution >= 0.6 is 23.1 Å². The molecule has 0 aliphatic carbocycles. The third-order valence-electron chi connectivity index (χ3n) is 2.33. The van der Waals surface area contributed by atoms with E-state index >= 15 is 0 Å². The number of rotatable bonds is 6. The van der Waals surface area contributed by atoms with E-state index in [4.69, 9.17) is 4.74 Å². The third-order valence-corrected chi connectivity index (χ3v) is 4.46. The molecule has 0 N–H and O–H groups in total. The first kappa shape index (κ1) is 13.2. The van der Waals surface area contributed by atoms with E-state index in [1.165, 1.54) is 0 Å². The van der Waals surface area contributed by atoms with E-state index in [1.54, 1.807) is 23.1 Å². The van der Waals surface area contributed by atoms with Gasteiger partial charge in [0.25, 0.3) is 0 Å². The van der Waals surface area contributed by atoms with Crippen molar-refractivity contribution >= 4 is 28.9 Å². The molecule has 0 aliphatic heterocycles. The maximum atomic E-state index is 12.1. The molecule has 1 heterocycles. The number of ketones is 1. The summed E-state index contributed by atoms with van der Waals surface area (Å²) >= 11 is 3.22. The molecule has 0 spiro atoms. The fourth-order valence-electron chi connectivity index (χ4n) is 1.54. The first-order valence-electron chi connectivity index (χ1n) is 5.72. The molecule has 0 saturated carbocycles. The summed E-state index contributed by atoms with van der Waals surface area (Å²) in [6.45, 7) is 2.49. The molecule has 4 heteroatoms. The average Bonchev–Trinajstić information content (AvgIpc) is 2.90. The quantitative estimate of drug-likeness (QED) is 0.587. The molecule has 2 aromatic rings. The van der Waals surface area contributed by atoms with Crippen molar-refractivity contribution in [3.8, 4) is 5.75 Å². The van der Waals surface area contributed by atoms with Crippen molar-refractivity contribution in [2.75, 3.05) is 12.4 Å². The molecule has 2 nitrogen and oxygen atoms in total. The van der Waals surface area contributed by atoms with Crippen molar-refractivity contribution < 1.29 is 9.53 Å². The Morgan fingerprint density at radius 3 is 2.83 bits per heavy atom. The minimum Gasteiger partial charge on any atom is -0.493 e. The van der Waals surface area contributed by atoms with E-state index in [2.05, 4.69) is 0 Å². The number of benzene rings is 1. The zero-order chi connectivity index (χ0) is 12.8. The molecule has 1 aromatic heterocycles. The van der Waals surface area contributed by atoms with Crippen molar-refractivity contribution in [3.63, 3.8) is 0 Å². The van der Waals surface area contributed by atoms with Gasteiger partial charge in [-0.25, -0.2) is 0 Å². The van der Waals surface area contributed by atoms with Gasteiger partial charge in [-0.2, -0.15) is 0 Å². The van der Waals surface area contributed by atoms with Crippen molar-refractivity contribution in [1.29, 1.82) is 0 Å². The summed E-state index contributed by atoms with van der Waals surface area (Å²) in [7, 11) is 0. The van der Waals surface area contributed by atoms with Gasteiger partial charge in [0.1, 0.15) is 5.75 Å². The standard InChI is InChI=1S/C14H14O2S2/c1-2-16-13-7-4-3-6-11(13)12(15)10-18-14-8-5-9-17-14/h3-9H,2,10H2,1H3. The highest BCUT2D eigenvalue weighted by atomic mass is 32.2. The minimum atomic E-state index is 0.109. The monoisotopic (exact) mass is 278 g/mol. The number of carbonyl (C=O) groups excluding carboxylic acids is 1. The largest absolute Gasteiger partial charge is 0.493 e. The SMILES string of the molecule is CCOc1ccccc1C(=O)CSc1cccs1. The lowest BCUT2D eigenvalue weighted by molar-refractivity contribution is 0.101. The Hall–Kier alpha value is -1.26. The van der Waals surface area contributed by atoms with Gasteiger partial charge < -0.3 is 4.74 Å². The number of hydrogen-bond donors (Lipinski definition) is 0. The van der Waals surface area contributed by atoms with Gasteiger partial charge in [-0.3, -0.25) is 4.79 Å². The van der Waals surface area contributed by atoms with Crippen LogP contribution in [0.5, 0.6) is 5.75 Å². The van der Waals surface area contributed by atoms with E-state index in [0.717, 1.165) is 4.21 Å². The number of hydrogen-bond acceptors (Lipinski definition) is 4. The molecule has 0 unspecified atom stereocenters. The Balaban J connectivity index is 2.04. The van der Waals surface area contributed by atoms with Crippen molar-refractivity contribution in [2.45, 2.75) is 11.1 Å². The lowest BCUT2D eigenvalue weighted by Crippen LogP contribution is -2.05. The van der Waals surface area contributed by atoms with Gasteiger partial charge in [0.05, 0.1) is 22.1 Å². The maximum absolute atomic E-state index is 12.1. The minimum absolute atomic E-state index is 0.109. The van der Waals surface area contributed by atoms with E-state index in [9.17, 15) is 4.79 Å². The maximum Gasteiger partial charge on any atom is 0.176 e. The fourth-order valence-corrected chi connectivity index (χ4v) is 3.21. The molecular formula is C14H14O2S2. The second-order valence-electron chi connectivity index (χ2n) is 3.57. The van der Waals surface area contributed by atoms with E-state index in [-0.39, 0.29) is 5.78 Å². The first-order chi connectivity index (χ1) is 8.81. The lowest BCUT2D eigenvalue weighted by atomic mass is 10.1. The number of para-hydroxylation sites is 1. The molecule has 0 amide bonds. The molecule has 18 heavy (non-hydrogen) atoms.